The number of nitrogens with one attached hydrogen (secondary N) is 2. The van der Waals surface area contributed by atoms with Crippen molar-refractivity contribution in [3.63, 3.8) is 0 Å². The summed E-state index contributed by atoms with van der Waals surface area (Å²) in [7, 11) is 0. The molecular weight excluding hydrogens is 422 g/mol. The van der Waals surface area contributed by atoms with Gasteiger partial charge in [0.15, 0.2) is 5.69 Å². The molecule has 0 saturated heterocycles. The number of halogens is 1. The molecule has 2 aromatic carbocycles. The highest BCUT2D eigenvalue weighted by atomic mass is 79.9. The van der Waals surface area contributed by atoms with Gasteiger partial charge in [-0.05, 0) is 66.0 Å². The number of para-hydroxylation sites is 1. The van der Waals surface area contributed by atoms with E-state index in [0.717, 1.165) is 21.3 Å². The van der Waals surface area contributed by atoms with E-state index in [0.29, 0.717) is 11.4 Å². The van der Waals surface area contributed by atoms with Crippen molar-refractivity contribution >= 4 is 39.1 Å². The van der Waals surface area contributed by atoms with Crippen molar-refractivity contribution in [3.8, 4) is 0 Å². The average molecular weight is 442 g/mol. The Kier molecular flexibility index (Phi) is 5.89. The van der Waals surface area contributed by atoms with Crippen LogP contribution in [0.3, 0.4) is 0 Å². The van der Waals surface area contributed by atoms with Crippen molar-refractivity contribution < 1.29 is 9.59 Å². The summed E-state index contributed by atoms with van der Waals surface area (Å²) in [5.41, 5.74) is 4.18. The molecule has 0 bridgehead atoms. The van der Waals surface area contributed by atoms with E-state index in [-0.39, 0.29) is 24.1 Å². The molecule has 28 heavy (non-hydrogen) atoms. The maximum absolute atomic E-state index is 12.6. The first-order chi connectivity index (χ1) is 13.4. The summed E-state index contributed by atoms with van der Waals surface area (Å²) in [6.45, 7) is 5.59. The first-order valence-corrected chi connectivity index (χ1v) is 9.48. The average Bonchev–Trinajstić information content (AvgIpc) is 3.01. The van der Waals surface area contributed by atoms with Crippen LogP contribution in [0.2, 0.25) is 0 Å². The molecule has 0 fully saturated rings. The van der Waals surface area contributed by atoms with Gasteiger partial charge in [-0.25, -0.2) is 4.68 Å². The molecule has 0 aliphatic carbocycles. The number of rotatable bonds is 5. The van der Waals surface area contributed by atoms with Gasteiger partial charge in [0.05, 0.1) is 11.4 Å². The van der Waals surface area contributed by atoms with Gasteiger partial charge in [-0.3, -0.25) is 9.59 Å². The Hall–Kier alpha value is -3.00. The number of nitrogens with zero attached hydrogens (tertiary/aromatic N) is 3. The number of amides is 2. The van der Waals surface area contributed by atoms with Crippen molar-refractivity contribution in [2.45, 2.75) is 27.3 Å². The number of carbonyl (C=O) groups is 2. The highest BCUT2D eigenvalue weighted by Gasteiger charge is 2.19. The van der Waals surface area contributed by atoms with E-state index in [2.05, 4.69) is 36.9 Å². The standard InChI is InChI=1S/C20H20BrN5O2/c1-12-7-6-10-16(13(12)2)23-20(28)19-14(3)26(25-24-19)11-18(27)22-17-9-5-4-8-15(17)21/h4-10H,11H2,1-3H3,(H,22,27)(H,23,28). The van der Waals surface area contributed by atoms with E-state index in [1.165, 1.54) is 4.68 Å². The molecule has 0 aliphatic rings. The molecule has 0 radical (unpaired) electrons. The van der Waals surface area contributed by atoms with Crippen molar-refractivity contribution in [3.05, 3.63) is 69.5 Å². The largest absolute Gasteiger partial charge is 0.323 e. The van der Waals surface area contributed by atoms with E-state index in [1.807, 2.05) is 50.2 Å². The van der Waals surface area contributed by atoms with E-state index in [9.17, 15) is 9.59 Å². The lowest BCUT2D eigenvalue weighted by Gasteiger charge is -2.10. The fourth-order valence-corrected chi connectivity index (χ4v) is 3.06. The van der Waals surface area contributed by atoms with E-state index in [4.69, 9.17) is 0 Å². The second-order valence-corrected chi connectivity index (χ2v) is 7.27. The van der Waals surface area contributed by atoms with Crippen LogP contribution < -0.4 is 10.6 Å². The second kappa shape index (κ2) is 8.35. The molecule has 0 aliphatic heterocycles. The molecule has 0 saturated carbocycles. The topological polar surface area (TPSA) is 88.9 Å². The first-order valence-electron chi connectivity index (χ1n) is 8.69. The highest BCUT2D eigenvalue weighted by Crippen LogP contribution is 2.21. The summed E-state index contributed by atoms with van der Waals surface area (Å²) in [5.74, 6) is -0.620. The molecule has 0 atom stereocenters. The SMILES string of the molecule is Cc1cccc(NC(=O)c2nnn(CC(=O)Nc3ccccc3Br)c2C)c1C. The van der Waals surface area contributed by atoms with Crippen LogP contribution in [0, 0.1) is 20.8 Å². The highest BCUT2D eigenvalue weighted by molar-refractivity contribution is 9.10. The van der Waals surface area contributed by atoms with Gasteiger partial charge in [-0.15, -0.1) is 5.10 Å². The number of hydrogen-bond donors (Lipinski definition) is 2. The van der Waals surface area contributed by atoms with Gasteiger partial charge in [0.25, 0.3) is 5.91 Å². The third-order valence-electron chi connectivity index (χ3n) is 4.49. The number of benzene rings is 2. The lowest BCUT2D eigenvalue weighted by atomic mass is 10.1. The zero-order valence-electron chi connectivity index (χ0n) is 15.8. The number of carbonyl (C=O) groups excluding carboxylic acids is 2. The van der Waals surface area contributed by atoms with Gasteiger partial charge < -0.3 is 10.6 Å². The monoisotopic (exact) mass is 441 g/mol. The smallest absolute Gasteiger partial charge is 0.278 e. The second-order valence-electron chi connectivity index (χ2n) is 6.41. The minimum absolute atomic E-state index is 0.0447. The fraction of sp³-hybridized carbons (Fsp3) is 0.200. The van der Waals surface area contributed by atoms with E-state index >= 15 is 0 Å². The van der Waals surface area contributed by atoms with Gasteiger partial charge in [-0.2, -0.15) is 0 Å². The summed E-state index contributed by atoms with van der Waals surface area (Å²) in [5, 5.41) is 13.6. The summed E-state index contributed by atoms with van der Waals surface area (Å²) in [6.07, 6.45) is 0. The summed E-state index contributed by atoms with van der Waals surface area (Å²) in [6, 6.07) is 13.0. The van der Waals surface area contributed by atoms with Crippen molar-refractivity contribution in [2.24, 2.45) is 0 Å². The van der Waals surface area contributed by atoms with E-state index in [1.54, 1.807) is 13.0 Å². The molecule has 3 rings (SSSR count). The quantitative estimate of drug-likeness (QED) is 0.628. The normalized spacial score (nSPS) is 10.6. The maximum atomic E-state index is 12.6. The van der Waals surface area contributed by atoms with Crippen molar-refractivity contribution in [2.75, 3.05) is 10.6 Å². The van der Waals surface area contributed by atoms with Gasteiger partial charge in [0.1, 0.15) is 6.54 Å². The zero-order chi connectivity index (χ0) is 20.3. The number of hydrogen-bond acceptors (Lipinski definition) is 4. The predicted octanol–water partition coefficient (Wildman–Crippen LogP) is 3.86. The number of aromatic nitrogens is 3. The Balaban J connectivity index is 1.71. The third-order valence-corrected chi connectivity index (χ3v) is 5.18. The molecule has 0 spiro atoms. The molecule has 8 heteroatoms. The van der Waals surface area contributed by atoms with Gasteiger partial charge >= 0.3 is 0 Å². The van der Waals surface area contributed by atoms with Crippen LogP contribution in [0.4, 0.5) is 11.4 Å². The third kappa shape index (κ3) is 4.28. The molecule has 144 valence electrons. The molecule has 2 amide bonds. The minimum atomic E-state index is -0.358. The number of aryl methyl sites for hydroxylation is 1. The van der Waals surface area contributed by atoms with Crippen LogP contribution in [-0.2, 0) is 11.3 Å². The molecule has 1 heterocycles. The fourth-order valence-electron chi connectivity index (χ4n) is 2.68. The van der Waals surface area contributed by atoms with Crippen LogP contribution in [-0.4, -0.2) is 26.8 Å². The first kappa shape index (κ1) is 19.8. The Bertz CT molecular complexity index is 1040. The summed E-state index contributed by atoms with van der Waals surface area (Å²) >= 11 is 3.39. The molecule has 0 unspecified atom stereocenters. The van der Waals surface area contributed by atoms with Crippen LogP contribution in [0.1, 0.15) is 27.3 Å². The number of anilines is 2. The molecule has 1 aromatic heterocycles. The molecule has 3 aromatic rings. The van der Waals surface area contributed by atoms with Crippen LogP contribution >= 0.6 is 15.9 Å². The van der Waals surface area contributed by atoms with Gasteiger partial charge in [0, 0.05) is 10.2 Å². The summed E-state index contributed by atoms with van der Waals surface area (Å²) in [4.78, 5) is 24.9. The predicted molar refractivity (Wildman–Crippen MR) is 111 cm³/mol. The zero-order valence-corrected chi connectivity index (χ0v) is 17.4. The van der Waals surface area contributed by atoms with E-state index < -0.39 is 0 Å². The van der Waals surface area contributed by atoms with Crippen molar-refractivity contribution in [1.29, 1.82) is 0 Å². The summed E-state index contributed by atoms with van der Waals surface area (Å²) < 4.78 is 2.19. The van der Waals surface area contributed by atoms with Crippen molar-refractivity contribution in [1.82, 2.24) is 15.0 Å². The van der Waals surface area contributed by atoms with Gasteiger partial charge in [-0.1, -0.05) is 29.5 Å². The lowest BCUT2D eigenvalue weighted by molar-refractivity contribution is -0.117. The Morgan fingerprint density at radius 1 is 1.00 bits per heavy atom. The minimum Gasteiger partial charge on any atom is -0.323 e. The Morgan fingerprint density at radius 2 is 1.71 bits per heavy atom. The Labute approximate surface area is 171 Å². The van der Waals surface area contributed by atoms with Crippen LogP contribution in [0.15, 0.2) is 46.9 Å². The van der Waals surface area contributed by atoms with Crippen LogP contribution in [0.25, 0.3) is 0 Å². The molecule has 7 nitrogen and oxygen atoms in total. The lowest BCUT2D eigenvalue weighted by Crippen LogP contribution is -2.21. The van der Waals surface area contributed by atoms with Crippen LogP contribution in [0.5, 0.6) is 0 Å². The Morgan fingerprint density at radius 3 is 2.46 bits per heavy atom. The molecular formula is C20H20BrN5O2. The molecule has 2 N–H and O–H groups in total. The maximum Gasteiger partial charge on any atom is 0.278 e. The van der Waals surface area contributed by atoms with Gasteiger partial charge in [0.2, 0.25) is 5.91 Å².